The van der Waals surface area contributed by atoms with Gasteiger partial charge in [0.2, 0.25) is 0 Å². The molecule has 1 atom stereocenters. The zero-order chi connectivity index (χ0) is 10.8. The monoisotopic (exact) mass is 223 g/mol. The summed E-state index contributed by atoms with van der Waals surface area (Å²) >= 11 is 6.09. The van der Waals surface area contributed by atoms with Gasteiger partial charge < -0.3 is 5.32 Å². The smallest absolute Gasteiger partial charge is 0.0411 e. The van der Waals surface area contributed by atoms with Crippen molar-refractivity contribution in [2.24, 2.45) is 5.92 Å². The van der Waals surface area contributed by atoms with Crippen LogP contribution in [0.25, 0.3) is 0 Å². The van der Waals surface area contributed by atoms with Gasteiger partial charge in [-0.2, -0.15) is 0 Å². The molecule has 0 radical (unpaired) electrons. The Labute approximate surface area is 96.8 Å². The summed E-state index contributed by atoms with van der Waals surface area (Å²) in [6.07, 6.45) is 4.07. The predicted octanol–water partition coefficient (Wildman–Crippen LogP) is 3.71. The number of rotatable bonds is 3. The average molecular weight is 224 g/mol. The fourth-order valence-electron chi connectivity index (χ4n) is 2.39. The molecule has 1 saturated carbocycles. The summed E-state index contributed by atoms with van der Waals surface area (Å²) in [4.78, 5) is 0. The van der Waals surface area contributed by atoms with Crippen LogP contribution < -0.4 is 5.32 Å². The van der Waals surface area contributed by atoms with Crippen LogP contribution in [0, 0.1) is 12.8 Å². The Morgan fingerprint density at radius 2 is 2.07 bits per heavy atom. The van der Waals surface area contributed by atoms with Gasteiger partial charge in [0, 0.05) is 11.1 Å². The maximum atomic E-state index is 6.09. The molecule has 2 rings (SSSR count). The van der Waals surface area contributed by atoms with Crippen LogP contribution in [0.5, 0.6) is 0 Å². The molecule has 1 aliphatic carbocycles. The first-order valence-electron chi connectivity index (χ1n) is 5.65. The summed E-state index contributed by atoms with van der Waals surface area (Å²) in [6.45, 7) is 2.10. The van der Waals surface area contributed by atoms with Crippen molar-refractivity contribution in [2.45, 2.75) is 32.2 Å². The van der Waals surface area contributed by atoms with Crippen molar-refractivity contribution in [1.82, 2.24) is 5.32 Å². The van der Waals surface area contributed by atoms with Crippen molar-refractivity contribution < 1.29 is 0 Å². The van der Waals surface area contributed by atoms with Crippen LogP contribution in [0.2, 0.25) is 5.02 Å². The minimum absolute atomic E-state index is 0.483. The van der Waals surface area contributed by atoms with E-state index in [9.17, 15) is 0 Å². The second kappa shape index (κ2) is 4.54. The van der Waals surface area contributed by atoms with Crippen molar-refractivity contribution in [3.63, 3.8) is 0 Å². The second-order valence-electron chi connectivity index (χ2n) is 4.52. The number of halogens is 1. The van der Waals surface area contributed by atoms with Gasteiger partial charge in [0.25, 0.3) is 0 Å². The van der Waals surface area contributed by atoms with Gasteiger partial charge in [-0.05, 0) is 56.0 Å². The van der Waals surface area contributed by atoms with Crippen molar-refractivity contribution in [2.75, 3.05) is 7.05 Å². The molecule has 0 saturated heterocycles. The van der Waals surface area contributed by atoms with Gasteiger partial charge in [-0.25, -0.2) is 0 Å². The van der Waals surface area contributed by atoms with E-state index in [4.69, 9.17) is 11.6 Å². The standard InChI is InChI=1S/C13H18ClN/c1-9-6-11(8-12(14)7-9)13(15-2)10-4-3-5-10/h6-8,10,13,15H,3-5H2,1-2H3. The van der Waals surface area contributed by atoms with Crippen molar-refractivity contribution in [3.8, 4) is 0 Å². The van der Waals surface area contributed by atoms with Crippen molar-refractivity contribution in [3.05, 3.63) is 34.3 Å². The molecular weight excluding hydrogens is 206 g/mol. The van der Waals surface area contributed by atoms with Gasteiger partial charge in [-0.15, -0.1) is 0 Å². The second-order valence-corrected chi connectivity index (χ2v) is 4.96. The lowest BCUT2D eigenvalue weighted by Gasteiger charge is -2.34. The summed E-state index contributed by atoms with van der Waals surface area (Å²) in [5.41, 5.74) is 2.59. The lowest BCUT2D eigenvalue weighted by atomic mass is 9.77. The van der Waals surface area contributed by atoms with Crippen LogP contribution in [0.1, 0.15) is 36.4 Å². The van der Waals surface area contributed by atoms with Gasteiger partial charge in [-0.1, -0.05) is 24.1 Å². The van der Waals surface area contributed by atoms with E-state index in [1.54, 1.807) is 0 Å². The van der Waals surface area contributed by atoms with Crippen molar-refractivity contribution >= 4 is 11.6 Å². The van der Waals surface area contributed by atoms with E-state index in [1.807, 2.05) is 13.1 Å². The Hall–Kier alpha value is -0.530. The number of benzene rings is 1. The average Bonchev–Trinajstić information content (AvgIpc) is 2.08. The van der Waals surface area contributed by atoms with E-state index in [0.29, 0.717) is 6.04 Å². The highest BCUT2D eigenvalue weighted by Crippen LogP contribution is 2.38. The minimum Gasteiger partial charge on any atom is -0.313 e. The summed E-state index contributed by atoms with van der Waals surface area (Å²) in [7, 11) is 2.04. The van der Waals surface area contributed by atoms with Crippen LogP contribution >= 0.6 is 11.6 Å². The van der Waals surface area contributed by atoms with Gasteiger partial charge in [0.1, 0.15) is 0 Å². The van der Waals surface area contributed by atoms with Crippen LogP contribution in [0.3, 0.4) is 0 Å². The summed E-state index contributed by atoms with van der Waals surface area (Å²) < 4.78 is 0. The fourth-order valence-corrected chi connectivity index (χ4v) is 2.69. The molecule has 2 heteroatoms. The van der Waals surface area contributed by atoms with E-state index in [-0.39, 0.29) is 0 Å². The van der Waals surface area contributed by atoms with E-state index in [0.717, 1.165) is 10.9 Å². The lowest BCUT2D eigenvalue weighted by molar-refractivity contribution is 0.239. The first kappa shape index (κ1) is 11.0. The molecule has 0 aromatic heterocycles. The van der Waals surface area contributed by atoms with Crippen LogP contribution in [0.4, 0.5) is 0 Å². The van der Waals surface area contributed by atoms with Crippen molar-refractivity contribution in [1.29, 1.82) is 0 Å². The van der Waals surface area contributed by atoms with Gasteiger partial charge in [0.05, 0.1) is 0 Å². The molecule has 1 aromatic carbocycles. The molecular formula is C13H18ClN. The molecule has 15 heavy (non-hydrogen) atoms. The number of hydrogen-bond acceptors (Lipinski definition) is 1. The number of nitrogens with one attached hydrogen (secondary N) is 1. The molecule has 82 valence electrons. The Balaban J connectivity index is 2.24. The predicted molar refractivity (Wildman–Crippen MR) is 65.3 cm³/mol. The zero-order valence-corrected chi connectivity index (χ0v) is 10.1. The third kappa shape index (κ3) is 2.35. The summed E-state index contributed by atoms with van der Waals surface area (Å²) in [5.74, 6) is 0.799. The molecule has 0 bridgehead atoms. The molecule has 1 aliphatic rings. The molecule has 0 aliphatic heterocycles. The summed E-state index contributed by atoms with van der Waals surface area (Å²) in [6, 6.07) is 6.83. The van der Waals surface area contributed by atoms with Gasteiger partial charge in [-0.3, -0.25) is 0 Å². The highest BCUT2D eigenvalue weighted by atomic mass is 35.5. The number of aryl methyl sites for hydroxylation is 1. The first-order chi connectivity index (χ1) is 7.20. The lowest BCUT2D eigenvalue weighted by Crippen LogP contribution is -2.29. The summed E-state index contributed by atoms with van der Waals surface area (Å²) in [5, 5.41) is 4.27. The first-order valence-corrected chi connectivity index (χ1v) is 6.03. The molecule has 1 fully saturated rings. The van der Waals surface area contributed by atoms with Crippen LogP contribution in [-0.4, -0.2) is 7.05 Å². The molecule has 1 unspecified atom stereocenters. The largest absolute Gasteiger partial charge is 0.313 e. The molecule has 1 nitrogen and oxygen atoms in total. The SMILES string of the molecule is CNC(c1cc(C)cc(Cl)c1)C1CCC1. The zero-order valence-electron chi connectivity index (χ0n) is 9.39. The maximum absolute atomic E-state index is 6.09. The molecule has 0 spiro atoms. The number of hydrogen-bond donors (Lipinski definition) is 1. The normalized spacial score (nSPS) is 18.6. The molecule has 1 N–H and O–H groups in total. The fraction of sp³-hybridized carbons (Fsp3) is 0.538. The highest BCUT2D eigenvalue weighted by molar-refractivity contribution is 6.30. The Morgan fingerprint density at radius 1 is 1.33 bits per heavy atom. The Morgan fingerprint density at radius 3 is 2.53 bits per heavy atom. The minimum atomic E-state index is 0.483. The van der Waals surface area contributed by atoms with E-state index >= 15 is 0 Å². The Kier molecular flexibility index (Phi) is 3.32. The molecule has 1 aromatic rings. The van der Waals surface area contributed by atoms with Gasteiger partial charge >= 0.3 is 0 Å². The van der Waals surface area contributed by atoms with E-state index in [1.165, 1.54) is 30.4 Å². The quantitative estimate of drug-likeness (QED) is 0.824. The third-order valence-corrected chi connectivity index (χ3v) is 3.57. The molecule has 0 amide bonds. The third-order valence-electron chi connectivity index (χ3n) is 3.36. The Bertz CT molecular complexity index is 324. The maximum Gasteiger partial charge on any atom is 0.0411 e. The highest BCUT2D eigenvalue weighted by Gasteiger charge is 2.27. The van der Waals surface area contributed by atoms with Gasteiger partial charge in [0.15, 0.2) is 0 Å². The van der Waals surface area contributed by atoms with Crippen LogP contribution in [-0.2, 0) is 0 Å². The van der Waals surface area contributed by atoms with E-state index < -0.39 is 0 Å². The van der Waals surface area contributed by atoms with E-state index in [2.05, 4.69) is 24.4 Å². The topological polar surface area (TPSA) is 12.0 Å². The van der Waals surface area contributed by atoms with Crippen LogP contribution in [0.15, 0.2) is 18.2 Å². The molecule has 0 heterocycles.